The lowest BCUT2D eigenvalue weighted by Crippen LogP contribution is -2.29. The summed E-state index contributed by atoms with van der Waals surface area (Å²) in [5, 5.41) is 12.2. The molecule has 21 heavy (non-hydrogen) atoms. The van der Waals surface area contributed by atoms with E-state index in [1.165, 1.54) is 18.9 Å². The third-order valence-electron chi connectivity index (χ3n) is 2.76. The van der Waals surface area contributed by atoms with Crippen LogP contribution in [0.2, 0.25) is 0 Å². The molecular weight excluding hydrogens is 308 g/mol. The first-order valence-corrected chi connectivity index (χ1v) is 8.41. The first-order valence-electron chi connectivity index (χ1n) is 6.61. The minimum Gasteiger partial charge on any atom is -0.391 e. The Bertz CT molecular complexity index is 555. The van der Waals surface area contributed by atoms with Crippen molar-refractivity contribution in [3.05, 3.63) is 24.3 Å². The zero-order valence-corrected chi connectivity index (χ0v) is 13.4. The third kappa shape index (κ3) is 5.28. The number of fused-ring (bicyclic) bond motifs is 1. The number of aromatic nitrogens is 1. The van der Waals surface area contributed by atoms with Crippen LogP contribution in [-0.2, 0) is 9.53 Å². The zero-order chi connectivity index (χ0) is 15.1. The summed E-state index contributed by atoms with van der Waals surface area (Å²) in [4.78, 5) is 16.2. The van der Waals surface area contributed by atoms with Crippen molar-refractivity contribution in [2.45, 2.75) is 16.9 Å². The Kier molecular flexibility index (Phi) is 6.44. The molecule has 1 aromatic carbocycles. The van der Waals surface area contributed by atoms with Gasteiger partial charge in [0.1, 0.15) is 0 Å². The number of carbonyl (C=O) groups is 1. The minimum absolute atomic E-state index is 0.0520. The Morgan fingerprint density at radius 1 is 1.52 bits per heavy atom. The molecule has 0 aliphatic carbocycles. The van der Waals surface area contributed by atoms with E-state index < -0.39 is 6.10 Å². The van der Waals surface area contributed by atoms with E-state index in [-0.39, 0.29) is 12.5 Å². The van der Waals surface area contributed by atoms with Gasteiger partial charge in [-0.1, -0.05) is 23.9 Å². The Hall–Kier alpha value is -1.15. The van der Waals surface area contributed by atoms with Crippen LogP contribution in [0.1, 0.15) is 6.42 Å². The standard InChI is InChI=1S/C14H18N2O3S2/c1-19-8-10(17)6-7-15-13(18)9-20-14-16-11-4-2-3-5-12(11)21-14/h2-5,10,17H,6-9H2,1H3,(H,15,18). The van der Waals surface area contributed by atoms with Gasteiger partial charge in [0.15, 0.2) is 4.34 Å². The average molecular weight is 326 g/mol. The van der Waals surface area contributed by atoms with Crippen LogP contribution in [0.15, 0.2) is 28.6 Å². The van der Waals surface area contributed by atoms with Gasteiger partial charge in [0.25, 0.3) is 0 Å². The highest BCUT2D eigenvalue weighted by Crippen LogP contribution is 2.28. The van der Waals surface area contributed by atoms with Crippen LogP contribution in [0.4, 0.5) is 0 Å². The number of ether oxygens (including phenoxy) is 1. The maximum Gasteiger partial charge on any atom is 0.230 e. The van der Waals surface area contributed by atoms with Gasteiger partial charge in [0.05, 0.1) is 28.7 Å². The van der Waals surface area contributed by atoms with Gasteiger partial charge in [-0.15, -0.1) is 11.3 Å². The number of benzene rings is 1. The highest BCUT2D eigenvalue weighted by Gasteiger charge is 2.08. The summed E-state index contributed by atoms with van der Waals surface area (Å²) in [7, 11) is 1.54. The molecule has 0 fully saturated rings. The molecule has 0 aliphatic rings. The van der Waals surface area contributed by atoms with Crippen molar-refractivity contribution in [2.75, 3.05) is 26.0 Å². The second-order valence-electron chi connectivity index (χ2n) is 4.48. The van der Waals surface area contributed by atoms with Crippen LogP contribution in [0.3, 0.4) is 0 Å². The molecule has 5 nitrogen and oxygen atoms in total. The fourth-order valence-corrected chi connectivity index (χ4v) is 3.64. The van der Waals surface area contributed by atoms with Gasteiger partial charge in [0, 0.05) is 13.7 Å². The van der Waals surface area contributed by atoms with Crippen molar-refractivity contribution in [2.24, 2.45) is 0 Å². The number of methoxy groups -OCH3 is 1. The molecule has 0 radical (unpaired) electrons. The topological polar surface area (TPSA) is 71.5 Å². The second kappa shape index (κ2) is 8.33. The third-order valence-corrected chi connectivity index (χ3v) is 4.94. The van der Waals surface area contributed by atoms with Crippen molar-refractivity contribution < 1.29 is 14.6 Å². The summed E-state index contributed by atoms with van der Waals surface area (Å²) >= 11 is 3.02. The largest absolute Gasteiger partial charge is 0.391 e. The lowest BCUT2D eigenvalue weighted by molar-refractivity contribution is -0.118. The van der Waals surface area contributed by atoms with Gasteiger partial charge in [-0.05, 0) is 18.6 Å². The lowest BCUT2D eigenvalue weighted by Gasteiger charge is -2.09. The van der Waals surface area contributed by atoms with Crippen LogP contribution in [0, 0.1) is 0 Å². The van der Waals surface area contributed by atoms with Gasteiger partial charge in [-0.2, -0.15) is 0 Å². The first-order chi connectivity index (χ1) is 10.2. The van der Waals surface area contributed by atoms with Crippen LogP contribution >= 0.6 is 23.1 Å². The molecule has 114 valence electrons. The summed E-state index contributed by atoms with van der Waals surface area (Å²) < 4.78 is 6.84. The van der Waals surface area contributed by atoms with E-state index in [0.29, 0.717) is 18.7 Å². The van der Waals surface area contributed by atoms with E-state index in [2.05, 4.69) is 10.3 Å². The quantitative estimate of drug-likeness (QED) is 0.725. The van der Waals surface area contributed by atoms with Gasteiger partial charge in [0.2, 0.25) is 5.91 Å². The number of amides is 1. The number of hydrogen-bond donors (Lipinski definition) is 2. The molecule has 1 atom stereocenters. The number of thiazole rings is 1. The summed E-state index contributed by atoms with van der Waals surface area (Å²) in [5.41, 5.74) is 0.966. The number of rotatable bonds is 8. The highest BCUT2D eigenvalue weighted by atomic mass is 32.2. The minimum atomic E-state index is -0.535. The summed E-state index contributed by atoms with van der Waals surface area (Å²) in [6.45, 7) is 0.736. The summed E-state index contributed by atoms with van der Waals surface area (Å²) in [5.74, 6) is 0.282. The first kappa shape index (κ1) is 16.2. The number of nitrogens with one attached hydrogen (secondary N) is 1. The molecule has 0 aliphatic heterocycles. The van der Waals surface area contributed by atoms with Crippen molar-refractivity contribution >= 4 is 39.2 Å². The number of carbonyl (C=O) groups excluding carboxylic acids is 1. The monoisotopic (exact) mass is 326 g/mol. The maximum atomic E-state index is 11.7. The van der Waals surface area contributed by atoms with Crippen LogP contribution < -0.4 is 5.32 Å². The van der Waals surface area contributed by atoms with E-state index in [1.54, 1.807) is 11.3 Å². The molecular formula is C14H18N2O3S2. The highest BCUT2D eigenvalue weighted by molar-refractivity contribution is 8.01. The number of hydrogen-bond acceptors (Lipinski definition) is 6. The fourth-order valence-electron chi connectivity index (χ4n) is 1.75. The predicted molar refractivity (Wildman–Crippen MR) is 85.9 cm³/mol. The molecule has 2 N–H and O–H groups in total. The van der Waals surface area contributed by atoms with E-state index in [0.717, 1.165) is 14.6 Å². The van der Waals surface area contributed by atoms with Crippen LogP contribution in [0.5, 0.6) is 0 Å². The van der Waals surface area contributed by atoms with E-state index in [4.69, 9.17) is 4.74 Å². The van der Waals surface area contributed by atoms with E-state index in [1.807, 2.05) is 24.3 Å². The number of thioether (sulfide) groups is 1. The number of aliphatic hydroxyl groups is 1. The molecule has 2 aromatic rings. The van der Waals surface area contributed by atoms with Gasteiger partial charge >= 0.3 is 0 Å². The number of para-hydroxylation sites is 1. The maximum absolute atomic E-state index is 11.7. The van der Waals surface area contributed by atoms with Crippen molar-refractivity contribution in [1.29, 1.82) is 0 Å². The number of nitrogens with zero attached hydrogens (tertiary/aromatic N) is 1. The van der Waals surface area contributed by atoms with Gasteiger partial charge < -0.3 is 15.2 Å². The zero-order valence-electron chi connectivity index (χ0n) is 11.7. The Morgan fingerprint density at radius 2 is 2.33 bits per heavy atom. The number of aliphatic hydroxyl groups excluding tert-OH is 1. The average Bonchev–Trinajstić information content (AvgIpc) is 2.88. The Labute approximate surface area is 131 Å². The molecule has 0 saturated carbocycles. The predicted octanol–water partition coefficient (Wildman–Crippen LogP) is 1.90. The molecule has 1 amide bonds. The molecule has 1 heterocycles. The van der Waals surface area contributed by atoms with Gasteiger partial charge in [-0.25, -0.2) is 4.98 Å². The van der Waals surface area contributed by atoms with E-state index >= 15 is 0 Å². The molecule has 7 heteroatoms. The Morgan fingerprint density at radius 3 is 3.10 bits per heavy atom. The van der Waals surface area contributed by atoms with Crippen LogP contribution in [0.25, 0.3) is 10.2 Å². The van der Waals surface area contributed by atoms with Gasteiger partial charge in [-0.3, -0.25) is 4.79 Å². The SMILES string of the molecule is COCC(O)CCNC(=O)CSc1nc2ccccc2s1. The molecule has 2 rings (SSSR count). The molecule has 1 unspecified atom stereocenters. The summed E-state index contributed by atoms with van der Waals surface area (Å²) in [6.07, 6.45) is -0.0435. The normalized spacial score (nSPS) is 12.5. The molecule has 1 aromatic heterocycles. The Balaban J connectivity index is 1.71. The fraction of sp³-hybridized carbons (Fsp3) is 0.429. The lowest BCUT2D eigenvalue weighted by atomic mass is 10.3. The van der Waals surface area contributed by atoms with Crippen molar-refractivity contribution in [1.82, 2.24) is 10.3 Å². The van der Waals surface area contributed by atoms with Crippen molar-refractivity contribution in [3.8, 4) is 0 Å². The van der Waals surface area contributed by atoms with Crippen molar-refractivity contribution in [3.63, 3.8) is 0 Å². The molecule has 0 bridgehead atoms. The molecule has 0 saturated heterocycles. The van der Waals surface area contributed by atoms with E-state index in [9.17, 15) is 9.90 Å². The molecule has 0 spiro atoms. The van der Waals surface area contributed by atoms with Crippen LogP contribution in [-0.4, -0.2) is 48.1 Å². The second-order valence-corrected chi connectivity index (χ2v) is 6.74. The summed E-state index contributed by atoms with van der Waals surface area (Å²) in [6, 6.07) is 7.92. The smallest absolute Gasteiger partial charge is 0.230 e.